The lowest BCUT2D eigenvalue weighted by atomic mass is 9.85. The van der Waals surface area contributed by atoms with Gasteiger partial charge in [0.15, 0.2) is 0 Å². The second-order valence-electron chi connectivity index (χ2n) is 5.42. The van der Waals surface area contributed by atoms with Gasteiger partial charge < -0.3 is 10.4 Å². The highest BCUT2D eigenvalue weighted by molar-refractivity contribution is 5.70. The van der Waals surface area contributed by atoms with Crippen LogP contribution >= 0.6 is 0 Å². The summed E-state index contributed by atoms with van der Waals surface area (Å²) in [4.78, 5) is 15.1. The first-order chi connectivity index (χ1) is 9.60. The van der Waals surface area contributed by atoms with Crippen LogP contribution in [0, 0.1) is 11.7 Å². The Hall–Kier alpha value is -1.49. The average molecular weight is 280 g/mol. The summed E-state index contributed by atoms with van der Waals surface area (Å²) in [5, 5.41) is 12.5. The molecule has 110 valence electrons. The molecule has 4 nitrogen and oxygen atoms in total. The molecule has 0 aliphatic heterocycles. The minimum absolute atomic E-state index is 0.0991. The monoisotopic (exact) mass is 280 g/mol. The molecule has 2 N–H and O–H groups in total. The van der Waals surface area contributed by atoms with Crippen LogP contribution < -0.4 is 5.32 Å². The molecule has 1 heterocycles. The normalized spacial score (nSPS) is 24.3. The summed E-state index contributed by atoms with van der Waals surface area (Å²) in [7, 11) is 0. The number of nitrogens with zero attached hydrogens (tertiary/aromatic N) is 1. The maximum atomic E-state index is 12.9. The van der Waals surface area contributed by atoms with Crippen LogP contribution in [0.15, 0.2) is 18.3 Å². The summed E-state index contributed by atoms with van der Waals surface area (Å²) < 4.78 is 12.9. The van der Waals surface area contributed by atoms with Crippen LogP contribution in [0.5, 0.6) is 0 Å². The van der Waals surface area contributed by atoms with E-state index in [1.54, 1.807) is 6.07 Å². The van der Waals surface area contributed by atoms with Crippen LogP contribution in [0.4, 0.5) is 4.39 Å². The van der Waals surface area contributed by atoms with Crippen molar-refractivity contribution < 1.29 is 14.3 Å². The average Bonchev–Trinajstić information content (AvgIpc) is 2.46. The number of carboxylic acids is 1. The third-order valence-electron chi connectivity index (χ3n) is 4.03. The van der Waals surface area contributed by atoms with Crippen LogP contribution in [0.25, 0.3) is 0 Å². The number of pyridine rings is 1. The maximum absolute atomic E-state index is 12.9. The van der Waals surface area contributed by atoms with Crippen molar-refractivity contribution in [3.8, 4) is 0 Å². The molecule has 1 aliphatic rings. The first-order valence-corrected chi connectivity index (χ1v) is 7.20. The third-order valence-corrected chi connectivity index (χ3v) is 4.03. The minimum Gasteiger partial charge on any atom is -0.481 e. The van der Waals surface area contributed by atoms with Gasteiger partial charge in [0.25, 0.3) is 0 Å². The molecule has 0 radical (unpaired) electrons. The minimum atomic E-state index is -0.685. The highest BCUT2D eigenvalue weighted by Crippen LogP contribution is 2.26. The molecule has 1 aromatic heterocycles. The summed E-state index contributed by atoms with van der Waals surface area (Å²) in [6, 6.07) is 3.55. The quantitative estimate of drug-likeness (QED) is 0.870. The smallest absolute Gasteiger partial charge is 0.306 e. The van der Waals surface area contributed by atoms with Gasteiger partial charge in [0.2, 0.25) is 0 Å². The van der Waals surface area contributed by atoms with Crippen LogP contribution in [-0.4, -0.2) is 22.1 Å². The Morgan fingerprint density at radius 1 is 1.45 bits per heavy atom. The van der Waals surface area contributed by atoms with Crippen molar-refractivity contribution in [1.29, 1.82) is 0 Å². The van der Waals surface area contributed by atoms with Crippen molar-refractivity contribution >= 4 is 5.97 Å². The molecule has 1 unspecified atom stereocenters. The van der Waals surface area contributed by atoms with Crippen molar-refractivity contribution in [2.45, 2.75) is 51.1 Å². The van der Waals surface area contributed by atoms with E-state index < -0.39 is 5.97 Å². The number of nitrogens with one attached hydrogen (secondary N) is 1. The van der Waals surface area contributed by atoms with Gasteiger partial charge in [-0.05, 0) is 44.2 Å². The van der Waals surface area contributed by atoms with Crippen molar-refractivity contribution in [2.75, 3.05) is 0 Å². The number of hydrogen-bond acceptors (Lipinski definition) is 3. The molecule has 0 bridgehead atoms. The highest BCUT2D eigenvalue weighted by Gasteiger charge is 2.27. The Labute approximate surface area is 118 Å². The lowest BCUT2D eigenvalue weighted by molar-refractivity contribution is -0.142. The predicted octanol–water partition coefficient (Wildman–Crippen LogP) is 2.90. The maximum Gasteiger partial charge on any atom is 0.306 e. The van der Waals surface area contributed by atoms with Gasteiger partial charge in [0, 0.05) is 12.1 Å². The molecule has 0 spiro atoms. The van der Waals surface area contributed by atoms with Crippen molar-refractivity contribution in [3.63, 3.8) is 0 Å². The van der Waals surface area contributed by atoms with E-state index in [0.29, 0.717) is 6.04 Å². The number of aromatic nitrogens is 1. The van der Waals surface area contributed by atoms with Crippen LogP contribution in [0.1, 0.15) is 50.8 Å². The van der Waals surface area contributed by atoms with Gasteiger partial charge >= 0.3 is 5.97 Å². The Bertz CT molecular complexity index is 442. The van der Waals surface area contributed by atoms with E-state index in [1.807, 2.05) is 0 Å². The van der Waals surface area contributed by atoms with Crippen LogP contribution in [0.2, 0.25) is 0 Å². The number of hydrogen-bond donors (Lipinski definition) is 2. The molecule has 1 aliphatic carbocycles. The highest BCUT2D eigenvalue weighted by atomic mass is 19.1. The van der Waals surface area contributed by atoms with E-state index in [9.17, 15) is 9.18 Å². The van der Waals surface area contributed by atoms with Gasteiger partial charge in [-0.3, -0.25) is 9.78 Å². The molecule has 0 saturated heterocycles. The van der Waals surface area contributed by atoms with Gasteiger partial charge in [0.1, 0.15) is 5.82 Å². The summed E-state index contributed by atoms with van der Waals surface area (Å²) in [5.41, 5.74) is 0.842. The Morgan fingerprint density at radius 3 is 2.65 bits per heavy atom. The molecule has 1 fully saturated rings. The molecule has 0 aromatic carbocycles. The summed E-state index contributed by atoms with van der Waals surface area (Å²) in [6.45, 7) is 2.06. The number of carboxylic acid groups (broad SMARTS) is 1. The fraction of sp³-hybridized carbons (Fsp3) is 0.600. The number of halogens is 1. The van der Waals surface area contributed by atoms with Gasteiger partial charge in [-0.2, -0.15) is 0 Å². The Kier molecular flexibility index (Phi) is 5.06. The first-order valence-electron chi connectivity index (χ1n) is 7.20. The molecule has 2 rings (SSSR count). The Morgan fingerprint density at radius 2 is 2.15 bits per heavy atom. The number of carbonyl (C=O) groups is 1. The zero-order valence-corrected chi connectivity index (χ0v) is 11.7. The second kappa shape index (κ2) is 6.79. The third kappa shape index (κ3) is 3.76. The molecular weight excluding hydrogens is 259 g/mol. The molecule has 20 heavy (non-hydrogen) atoms. The van der Waals surface area contributed by atoms with E-state index in [-0.39, 0.29) is 17.8 Å². The summed E-state index contributed by atoms with van der Waals surface area (Å²) in [6.07, 6.45) is 5.29. The van der Waals surface area contributed by atoms with E-state index in [2.05, 4.69) is 17.2 Å². The molecule has 0 amide bonds. The summed E-state index contributed by atoms with van der Waals surface area (Å²) in [5.74, 6) is -1.21. The topological polar surface area (TPSA) is 62.2 Å². The predicted molar refractivity (Wildman–Crippen MR) is 73.7 cm³/mol. The zero-order chi connectivity index (χ0) is 14.5. The molecule has 5 heteroatoms. The van der Waals surface area contributed by atoms with Gasteiger partial charge in [-0.25, -0.2) is 4.39 Å². The number of rotatable bonds is 5. The van der Waals surface area contributed by atoms with E-state index in [1.165, 1.54) is 12.3 Å². The van der Waals surface area contributed by atoms with Crippen molar-refractivity contribution in [3.05, 3.63) is 29.8 Å². The molecular formula is C15H21FN2O2. The molecule has 1 atom stereocenters. The van der Waals surface area contributed by atoms with Crippen LogP contribution in [-0.2, 0) is 4.79 Å². The summed E-state index contributed by atoms with van der Waals surface area (Å²) >= 11 is 0. The first kappa shape index (κ1) is 14.9. The largest absolute Gasteiger partial charge is 0.481 e. The zero-order valence-electron chi connectivity index (χ0n) is 11.7. The van der Waals surface area contributed by atoms with Gasteiger partial charge in [-0.15, -0.1) is 0 Å². The number of aliphatic carboxylic acids is 1. The van der Waals surface area contributed by atoms with Gasteiger partial charge in [0.05, 0.1) is 17.8 Å². The fourth-order valence-corrected chi connectivity index (χ4v) is 2.80. The van der Waals surface area contributed by atoms with E-state index in [0.717, 1.165) is 37.8 Å². The lowest BCUT2D eigenvalue weighted by Gasteiger charge is -2.30. The standard InChI is InChI=1S/C15H21FN2O2/c1-2-13(14-8-5-11(16)9-17-14)18-12-6-3-10(4-7-12)15(19)20/h5,8-10,12-13,18H,2-4,6-7H2,1H3,(H,19,20). The molecule has 1 saturated carbocycles. The SMILES string of the molecule is CCC(NC1CCC(C(=O)O)CC1)c1ccc(F)cn1. The molecule has 1 aromatic rings. The fourth-order valence-electron chi connectivity index (χ4n) is 2.80. The van der Waals surface area contributed by atoms with E-state index >= 15 is 0 Å². The second-order valence-corrected chi connectivity index (χ2v) is 5.42. The van der Waals surface area contributed by atoms with E-state index in [4.69, 9.17) is 5.11 Å². The van der Waals surface area contributed by atoms with Crippen LogP contribution in [0.3, 0.4) is 0 Å². The van der Waals surface area contributed by atoms with Crippen molar-refractivity contribution in [1.82, 2.24) is 10.3 Å². The van der Waals surface area contributed by atoms with Crippen molar-refractivity contribution in [2.24, 2.45) is 5.92 Å². The Balaban J connectivity index is 1.91. The van der Waals surface area contributed by atoms with Gasteiger partial charge in [-0.1, -0.05) is 6.92 Å². The lowest BCUT2D eigenvalue weighted by Crippen LogP contribution is -2.37.